The van der Waals surface area contributed by atoms with E-state index in [-0.39, 0.29) is 18.5 Å². The molecule has 1 aromatic heterocycles. The second-order valence-electron chi connectivity index (χ2n) is 6.87. The first-order valence-electron chi connectivity index (χ1n) is 9.22. The molecule has 1 aromatic carbocycles. The zero-order valence-electron chi connectivity index (χ0n) is 16.9. The maximum Gasteiger partial charge on any atom is 0.243 e. The summed E-state index contributed by atoms with van der Waals surface area (Å²) in [6.07, 6.45) is 4.84. The molecule has 0 aliphatic carbocycles. The Morgan fingerprint density at radius 1 is 1.26 bits per heavy atom. The number of para-hydroxylation sites is 1. The Kier molecular flexibility index (Phi) is 7.40. The smallest absolute Gasteiger partial charge is 0.243 e. The van der Waals surface area contributed by atoms with Gasteiger partial charge < -0.3 is 15.1 Å². The van der Waals surface area contributed by atoms with E-state index < -0.39 is 0 Å². The van der Waals surface area contributed by atoms with Gasteiger partial charge in [0.1, 0.15) is 6.54 Å². The minimum Gasteiger partial charge on any atom is -0.354 e. The molecule has 7 nitrogen and oxygen atoms in total. The number of aliphatic imine (C=N–C) groups is 1. The van der Waals surface area contributed by atoms with Gasteiger partial charge in [0.15, 0.2) is 5.96 Å². The number of benzene rings is 1. The minimum absolute atomic E-state index is 0.0243. The third kappa shape index (κ3) is 6.13. The van der Waals surface area contributed by atoms with Gasteiger partial charge in [-0.05, 0) is 25.5 Å². The van der Waals surface area contributed by atoms with Gasteiger partial charge in [0.2, 0.25) is 5.91 Å². The molecular formula is C20H30N6O. The van der Waals surface area contributed by atoms with Crippen molar-refractivity contribution in [1.82, 2.24) is 24.9 Å². The zero-order chi connectivity index (χ0) is 19.8. The van der Waals surface area contributed by atoms with Gasteiger partial charge in [0.25, 0.3) is 0 Å². The number of aromatic nitrogens is 2. The van der Waals surface area contributed by atoms with Crippen LogP contribution in [0.1, 0.15) is 25.8 Å². The molecule has 0 bridgehead atoms. The minimum atomic E-state index is -0.0243. The topological polar surface area (TPSA) is 65.8 Å². The van der Waals surface area contributed by atoms with Crippen molar-refractivity contribution < 1.29 is 4.79 Å². The molecule has 1 unspecified atom stereocenters. The number of nitrogens with one attached hydrogen (secondary N) is 1. The lowest BCUT2D eigenvalue weighted by atomic mass is 10.2. The Labute approximate surface area is 161 Å². The van der Waals surface area contributed by atoms with Gasteiger partial charge in [0, 0.05) is 45.5 Å². The highest BCUT2D eigenvalue weighted by molar-refractivity contribution is 5.84. The summed E-state index contributed by atoms with van der Waals surface area (Å²) in [5, 5.41) is 7.84. The van der Waals surface area contributed by atoms with Crippen LogP contribution < -0.4 is 5.32 Å². The van der Waals surface area contributed by atoms with Crippen LogP contribution in [-0.4, -0.2) is 65.2 Å². The van der Waals surface area contributed by atoms with Crippen LogP contribution in [0.15, 0.2) is 47.7 Å². The number of nitrogens with zero attached hydrogens (tertiary/aromatic N) is 5. The summed E-state index contributed by atoms with van der Waals surface area (Å²) >= 11 is 0. The number of hydrogen-bond donors (Lipinski definition) is 1. The molecule has 1 N–H and O–H groups in total. The highest BCUT2D eigenvalue weighted by Crippen LogP contribution is 2.09. The standard InChI is InChI=1S/C20H30N6O/c1-6-16(2)23-20(21-13-19(27)24(3)4)25(5)14-17-12-22-26(15-17)18-10-8-7-9-11-18/h7-12,15-16H,6,13-14H2,1-5H3,(H,21,23). The van der Waals surface area contributed by atoms with E-state index in [1.54, 1.807) is 19.0 Å². The van der Waals surface area contributed by atoms with Crippen LogP contribution in [0.2, 0.25) is 0 Å². The first kappa shape index (κ1) is 20.5. The second kappa shape index (κ2) is 9.75. The van der Waals surface area contributed by atoms with Crippen molar-refractivity contribution in [1.29, 1.82) is 0 Å². The number of likely N-dealkylation sites (N-methyl/N-ethyl adjacent to an activating group) is 1. The lowest BCUT2D eigenvalue weighted by Crippen LogP contribution is -2.43. The molecule has 146 valence electrons. The lowest BCUT2D eigenvalue weighted by molar-refractivity contribution is -0.127. The van der Waals surface area contributed by atoms with Crippen LogP contribution in [-0.2, 0) is 11.3 Å². The van der Waals surface area contributed by atoms with Gasteiger partial charge >= 0.3 is 0 Å². The predicted octanol–water partition coefficient (Wildman–Crippen LogP) is 2.14. The highest BCUT2D eigenvalue weighted by Gasteiger charge is 2.13. The molecule has 0 aliphatic heterocycles. The summed E-state index contributed by atoms with van der Waals surface area (Å²) in [7, 11) is 5.44. The molecule has 0 radical (unpaired) electrons. The van der Waals surface area contributed by atoms with Gasteiger partial charge in [-0.3, -0.25) is 4.79 Å². The van der Waals surface area contributed by atoms with Crippen LogP contribution in [0.5, 0.6) is 0 Å². The Hall–Kier alpha value is -2.83. The normalized spacial score (nSPS) is 12.6. The van der Waals surface area contributed by atoms with Crippen molar-refractivity contribution in [2.24, 2.45) is 4.99 Å². The molecule has 0 saturated heterocycles. The molecule has 27 heavy (non-hydrogen) atoms. The molecule has 1 amide bonds. The average molecular weight is 371 g/mol. The van der Waals surface area contributed by atoms with Crippen molar-refractivity contribution in [3.63, 3.8) is 0 Å². The van der Waals surface area contributed by atoms with Gasteiger partial charge in [-0.15, -0.1) is 0 Å². The van der Waals surface area contributed by atoms with Crippen molar-refractivity contribution >= 4 is 11.9 Å². The Balaban J connectivity index is 2.10. The van der Waals surface area contributed by atoms with Crippen LogP contribution >= 0.6 is 0 Å². The Morgan fingerprint density at radius 3 is 2.59 bits per heavy atom. The first-order chi connectivity index (χ1) is 12.9. The fourth-order valence-corrected chi connectivity index (χ4v) is 2.40. The van der Waals surface area contributed by atoms with Crippen molar-refractivity contribution in [3.8, 4) is 5.69 Å². The molecule has 0 saturated carbocycles. The zero-order valence-corrected chi connectivity index (χ0v) is 16.9. The van der Waals surface area contributed by atoms with Crippen molar-refractivity contribution in [2.45, 2.75) is 32.9 Å². The quantitative estimate of drug-likeness (QED) is 0.599. The molecule has 0 fully saturated rings. The summed E-state index contributed by atoms with van der Waals surface area (Å²) in [4.78, 5) is 20.0. The Morgan fingerprint density at radius 2 is 1.96 bits per heavy atom. The number of guanidine groups is 1. The summed E-state index contributed by atoms with van der Waals surface area (Å²) in [6, 6.07) is 10.3. The molecule has 2 aromatic rings. The van der Waals surface area contributed by atoms with Crippen molar-refractivity contribution in [2.75, 3.05) is 27.7 Å². The highest BCUT2D eigenvalue weighted by atomic mass is 16.2. The fraction of sp³-hybridized carbons (Fsp3) is 0.450. The number of rotatable bonds is 7. The third-order valence-corrected chi connectivity index (χ3v) is 4.29. The first-order valence-corrected chi connectivity index (χ1v) is 9.22. The summed E-state index contributed by atoms with van der Waals surface area (Å²) < 4.78 is 1.86. The van der Waals surface area contributed by atoms with E-state index in [9.17, 15) is 4.79 Å². The third-order valence-electron chi connectivity index (χ3n) is 4.29. The molecule has 1 atom stereocenters. The van der Waals surface area contributed by atoms with Crippen molar-refractivity contribution in [3.05, 3.63) is 48.3 Å². The van der Waals surface area contributed by atoms with Crippen LogP contribution in [0, 0.1) is 0 Å². The van der Waals surface area contributed by atoms with E-state index in [4.69, 9.17) is 0 Å². The van der Waals surface area contributed by atoms with Gasteiger partial charge in [-0.1, -0.05) is 25.1 Å². The number of carbonyl (C=O) groups excluding carboxylic acids is 1. The summed E-state index contributed by atoms with van der Waals surface area (Å²) in [6.45, 7) is 4.99. The lowest BCUT2D eigenvalue weighted by Gasteiger charge is -2.25. The molecule has 1 heterocycles. The van der Waals surface area contributed by atoms with E-state index in [1.807, 2.05) is 59.4 Å². The molecule has 0 aliphatic rings. The number of carbonyl (C=O) groups is 1. The number of hydrogen-bond acceptors (Lipinski definition) is 3. The SMILES string of the molecule is CCC(C)NC(=NCC(=O)N(C)C)N(C)Cc1cnn(-c2ccccc2)c1. The van der Waals surface area contributed by atoms with Crippen LogP contribution in [0.3, 0.4) is 0 Å². The molecular weight excluding hydrogens is 340 g/mol. The molecule has 0 spiro atoms. The summed E-state index contributed by atoms with van der Waals surface area (Å²) in [5.41, 5.74) is 2.09. The van der Waals surface area contributed by atoms with E-state index in [1.165, 1.54) is 0 Å². The van der Waals surface area contributed by atoms with Gasteiger partial charge in [-0.25, -0.2) is 9.67 Å². The largest absolute Gasteiger partial charge is 0.354 e. The van der Waals surface area contributed by atoms with E-state index in [0.29, 0.717) is 12.5 Å². The molecule has 2 rings (SSSR count). The van der Waals surface area contributed by atoms with Crippen LogP contribution in [0.25, 0.3) is 5.69 Å². The maximum absolute atomic E-state index is 11.9. The average Bonchev–Trinajstić information content (AvgIpc) is 3.13. The number of amides is 1. The monoisotopic (exact) mass is 370 g/mol. The van der Waals surface area contributed by atoms with Gasteiger partial charge in [0.05, 0.1) is 11.9 Å². The maximum atomic E-state index is 11.9. The van der Waals surface area contributed by atoms with Gasteiger partial charge in [-0.2, -0.15) is 5.10 Å². The van der Waals surface area contributed by atoms with Crippen LogP contribution in [0.4, 0.5) is 0 Å². The fourth-order valence-electron chi connectivity index (χ4n) is 2.40. The molecule has 7 heteroatoms. The van der Waals surface area contributed by atoms with E-state index in [0.717, 1.165) is 17.7 Å². The second-order valence-corrected chi connectivity index (χ2v) is 6.87. The van der Waals surface area contributed by atoms with E-state index >= 15 is 0 Å². The Bertz CT molecular complexity index is 753. The summed E-state index contributed by atoms with van der Waals surface area (Å²) in [5.74, 6) is 0.691. The predicted molar refractivity (Wildman–Crippen MR) is 109 cm³/mol. The van der Waals surface area contributed by atoms with E-state index in [2.05, 4.69) is 29.3 Å².